The lowest BCUT2D eigenvalue weighted by molar-refractivity contribution is -0.123. The molecule has 84 valence electrons. The number of amides is 1. The van der Waals surface area contributed by atoms with Crippen molar-refractivity contribution in [1.29, 1.82) is 0 Å². The number of hydrogen-bond acceptors (Lipinski definition) is 2. The van der Waals surface area contributed by atoms with Crippen LogP contribution in [0.5, 0.6) is 0 Å². The van der Waals surface area contributed by atoms with Gasteiger partial charge in [-0.15, -0.1) is 0 Å². The number of hydrogen-bond donors (Lipinski definition) is 0. The smallest absolute Gasteiger partial charge is 0.246 e. The molecule has 0 saturated heterocycles. The Hall–Kier alpha value is -1.61. The van der Waals surface area contributed by atoms with Crippen molar-refractivity contribution in [3.05, 3.63) is 41.0 Å². The highest BCUT2D eigenvalue weighted by molar-refractivity contribution is 5.91. The monoisotopic (exact) mass is 217 g/mol. The minimum atomic E-state index is -0.00301. The molecule has 1 aliphatic heterocycles. The van der Waals surface area contributed by atoms with E-state index in [9.17, 15) is 4.79 Å². The van der Waals surface area contributed by atoms with Crippen LogP contribution >= 0.6 is 0 Å². The van der Waals surface area contributed by atoms with Crippen LogP contribution in [0.15, 0.2) is 24.3 Å². The van der Waals surface area contributed by atoms with Crippen molar-refractivity contribution in [3.8, 4) is 0 Å². The first-order chi connectivity index (χ1) is 7.66. The molecule has 3 heteroatoms. The van der Waals surface area contributed by atoms with E-state index < -0.39 is 0 Å². The maximum Gasteiger partial charge on any atom is 0.246 e. The summed E-state index contributed by atoms with van der Waals surface area (Å²) in [6.45, 7) is 1.38. The Morgan fingerprint density at radius 1 is 1.31 bits per heavy atom. The molecular weight excluding hydrogens is 202 g/mol. The minimum Gasteiger partial charge on any atom is -0.372 e. The molecule has 1 aliphatic rings. The van der Waals surface area contributed by atoms with Gasteiger partial charge in [-0.25, -0.2) is 0 Å². The van der Waals surface area contributed by atoms with Gasteiger partial charge in [0, 0.05) is 20.2 Å². The summed E-state index contributed by atoms with van der Waals surface area (Å²) in [4.78, 5) is 12.9. The Morgan fingerprint density at radius 2 is 2.06 bits per heavy atom. The van der Waals surface area contributed by atoms with E-state index in [-0.39, 0.29) is 5.91 Å². The molecule has 1 aromatic carbocycles. The second kappa shape index (κ2) is 4.49. The molecule has 3 nitrogen and oxygen atoms in total. The third-order valence-corrected chi connectivity index (χ3v) is 2.60. The van der Waals surface area contributed by atoms with Crippen LogP contribution in [-0.2, 0) is 22.7 Å². The van der Waals surface area contributed by atoms with Crippen LogP contribution in [0.3, 0.4) is 0 Å². The van der Waals surface area contributed by atoms with Gasteiger partial charge < -0.3 is 9.64 Å². The molecule has 0 unspecified atom stereocenters. The van der Waals surface area contributed by atoms with Crippen molar-refractivity contribution in [3.63, 3.8) is 0 Å². The fraction of sp³-hybridized carbons (Fsp3) is 0.308. The quantitative estimate of drug-likeness (QED) is 0.707. The maximum absolute atomic E-state index is 11.4. The standard InChI is InChI=1S/C13H15NO2/c1-14(2)13(15)6-4-10-3-5-11-8-16-9-12(11)7-10/h3-7H,8-9H2,1-2H3/b6-4+. The van der Waals surface area contributed by atoms with Gasteiger partial charge in [-0.1, -0.05) is 12.1 Å². The van der Waals surface area contributed by atoms with E-state index in [1.54, 1.807) is 25.1 Å². The van der Waals surface area contributed by atoms with Crippen LogP contribution in [-0.4, -0.2) is 24.9 Å². The molecule has 0 radical (unpaired) electrons. The van der Waals surface area contributed by atoms with Crippen LogP contribution in [0.1, 0.15) is 16.7 Å². The SMILES string of the molecule is CN(C)C(=O)/C=C/c1ccc2c(c1)COC2. The van der Waals surface area contributed by atoms with E-state index in [0.29, 0.717) is 13.2 Å². The fourth-order valence-electron chi connectivity index (χ4n) is 1.61. The van der Waals surface area contributed by atoms with Crippen molar-refractivity contribution >= 4 is 12.0 Å². The highest BCUT2D eigenvalue weighted by Gasteiger charge is 2.10. The summed E-state index contributed by atoms with van der Waals surface area (Å²) in [5, 5.41) is 0. The van der Waals surface area contributed by atoms with E-state index in [4.69, 9.17) is 4.74 Å². The predicted octanol–water partition coefficient (Wildman–Crippen LogP) is 1.82. The Labute approximate surface area is 95.3 Å². The van der Waals surface area contributed by atoms with Crippen molar-refractivity contribution in [1.82, 2.24) is 4.90 Å². The summed E-state index contributed by atoms with van der Waals surface area (Å²) in [5.74, 6) is -0.00301. The van der Waals surface area contributed by atoms with E-state index in [1.165, 1.54) is 11.1 Å². The molecule has 1 aromatic rings. The molecule has 0 N–H and O–H groups in total. The lowest BCUT2D eigenvalue weighted by atomic mass is 10.1. The summed E-state index contributed by atoms with van der Waals surface area (Å²) in [6, 6.07) is 6.14. The second-order valence-electron chi connectivity index (χ2n) is 4.09. The number of rotatable bonds is 2. The maximum atomic E-state index is 11.4. The van der Waals surface area contributed by atoms with Gasteiger partial charge in [-0.3, -0.25) is 4.79 Å². The zero-order chi connectivity index (χ0) is 11.5. The number of carbonyl (C=O) groups is 1. The zero-order valence-corrected chi connectivity index (χ0v) is 9.56. The minimum absolute atomic E-state index is 0.00301. The zero-order valence-electron chi connectivity index (χ0n) is 9.56. The lowest BCUT2D eigenvalue weighted by Crippen LogP contribution is -2.18. The third kappa shape index (κ3) is 2.31. The van der Waals surface area contributed by atoms with Gasteiger partial charge in [0.1, 0.15) is 0 Å². The van der Waals surface area contributed by atoms with Gasteiger partial charge in [0.25, 0.3) is 0 Å². The average molecular weight is 217 g/mol. The molecule has 0 bridgehead atoms. The summed E-state index contributed by atoms with van der Waals surface area (Å²) >= 11 is 0. The Morgan fingerprint density at radius 3 is 2.81 bits per heavy atom. The predicted molar refractivity (Wildman–Crippen MR) is 62.7 cm³/mol. The first kappa shape index (κ1) is 10.9. The highest BCUT2D eigenvalue weighted by atomic mass is 16.5. The van der Waals surface area contributed by atoms with Crippen LogP contribution in [0.25, 0.3) is 6.08 Å². The summed E-state index contributed by atoms with van der Waals surface area (Å²) < 4.78 is 5.33. The van der Waals surface area contributed by atoms with E-state index in [1.807, 2.05) is 12.1 Å². The molecule has 0 atom stereocenters. The number of likely N-dealkylation sites (N-methyl/N-ethyl adjacent to an activating group) is 1. The normalized spacial score (nSPS) is 14.1. The summed E-state index contributed by atoms with van der Waals surface area (Å²) in [7, 11) is 3.48. The fourth-order valence-corrected chi connectivity index (χ4v) is 1.61. The first-order valence-electron chi connectivity index (χ1n) is 5.26. The van der Waals surface area contributed by atoms with Crippen molar-refractivity contribution in [2.24, 2.45) is 0 Å². The lowest BCUT2D eigenvalue weighted by Gasteiger charge is -2.05. The van der Waals surface area contributed by atoms with Crippen LogP contribution in [0.4, 0.5) is 0 Å². The van der Waals surface area contributed by atoms with Crippen LogP contribution in [0, 0.1) is 0 Å². The van der Waals surface area contributed by atoms with Crippen molar-refractivity contribution in [2.75, 3.05) is 14.1 Å². The van der Waals surface area contributed by atoms with E-state index in [2.05, 4.69) is 12.1 Å². The molecule has 0 aliphatic carbocycles. The van der Waals surface area contributed by atoms with Gasteiger partial charge in [-0.05, 0) is 28.8 Å². The molecule has 0 fully saturated rings. The highest BCUT2D eigenvalue weighted by Crippen LogP contribution is 2.21. The molecule has 0 aromatic heterocycles. The number of nitrogens with zero attached hydrogens (tertiary/aromatic N) is 1. The molecule has 2 rings (SSSR count). The molecule has 1 heterocycles. The van der Waals surface area contributed by atoms with E-state index in [0.717, 1.165) is 5.56 Å². The molecule has 0 spiro atoms. The number of ether oxygens (including phenoxy) is 1. The molecule has 1 amide bonds. The Balaban J connectivity index is 2.14. The second-order valence-corrected chi connectivity index (χ2v) is 4.09. The summed E-state index contributed by atoms with van der Waals surface area (Å²) in [5.41, 5.74) is 3.51. The van der Waals surface area contributed by atoms with Crippen molar-refractivity contribution in [2.45, 2.75) is 13.2 Å². The average Bonchev–Trinajstić information content (AvgIpc) is 2.72. The number of carbonyl (C=O) groups excluding carboxylic acids is 1. The Kier molecular flexibility index (Phi) is 3.06. The number of benzene rings is 1. The molecular formula is C13H15NO2. The largest absolute Gasteiger partial charge is 0.372 e. The molecule has 0 saturated carbocycles. The van der Waals surface area contributed by atoms with Gasteiger partial charge in [0.05, 0.1) is 13.2 Å². The summed E-state index contributed by atoms with van der Waals surface area (Å²) in [6.07, 6.45) is 3.42. The Bertz CT molecular complexity index is 436. The van der Waals surface area contributed by atoms with Crippen LogP contribution in [0.2, 0.25) is 0 Å². The van der Waals surface area contributed by atoms with Crippen LogP contribution < -0.4 is 0 Å². The van der Waals surface area contributed by atoms with Gasteiger partial charge in [-0.2, -0.15) is 0 Å². The van der Waals surface area contributed by atoms with Gasteiger partial charge >= 0.3 is 0 Å². The number of fused-ring (bicyclic) bond motifs is 1. The van der Waals surface area contributed by atoms with Gasteiger partial charge in [0.15, 0.2) is 0 Å². The third-order valence-electron chi connectivity index (χ3n) is 2.60. The topological polar surface area (TPSA) is 29.5 Å². The first-order valence-corrected chi connectivity index (χ1v) is 5.26. The molecule has 16 heavy (non-hydrogen) atoms. The van der Waals surface area contributed by atoms with Gasteiger partial charge in [0.2, 0.25) is 5.91 Å². The van der Waals surface area contributed by atoms with Crippen molar-refractivity contribution < 1.29 is 9.53 Å². The van der Waals surface area contributed by atoms with E-state index >= 15 is 0 Å².